The molecular weight excluding hydrogens is 328 g/mol. The predicted octanol–water partition coefficient (Wildman–Crippen LogP) is 1.84. The van der Waals surface area contributed by atoms with Crippen molar-refractivity contribution in [3.8, 4) is 0 Å². The summed E-state index contributed by atoms with van der Waals surface area (Å²) in [6, 6.07) is 10.9. The molecule has 0 unspecified atom stereocenters. The Labute approximate surface area is 155 Å². The van der Waals surface area contributed by atoms with Crippen LogP contribution in [0.1, 0.15) is 19.3 Å². The van der Waals surface area contributed by atoms with Crippen molar-refractivity contribution in [2.24, 2.45) is 0 Å². The van der Waals surface area contributed by atoms with Crippen molar-refractivity contribution in [2.45, 2.75) is 36.9 Å². The Morgan fingerprint density at radius 1 is 1.12 bits per heavy atom. The fourth-order valence-corrected chi connectivity index (χ4v) is 5.08. The van der Waals surface area contributed by atoms with Gasteiger partial charge in [0.15, 0.2) is 0 Å². The molecule has 3 aliphatic heterocycles. The average Bonchev–Trinajstić information content (AvgIpc) is 2.59. The first-order valence-electron chi connectivity index (χ1n) is 9.93. The van der Waals surface area contributed by atoms with Crippen LogP contribution in [0.5, 0.6) is 0 Å². The molecule has 1 aromatic rings. The normalized spacial score (nSPS) is 28.9. The van der Waals surface area contributed by atoms with E-state index in [0.717, 1.165) is 57.7 Å². The van der Waals surface area contributed by atoms with Crippen molar-refractivity contribution in [1.29, 1.82) is 0 Å². The van der Waals surface area contributed by atoms with Crippen LogP contribution in [0.2, 0.25) is 0 Å². The number of hydrogen-bond donors (Lipinski definition) is 1. The summed E-state index contributed by atoms with van der Waals surface area (Å²) in [5.41, 5.74) is 0.981. The van der Waals surface area contributed by atoms with Crippen LogP contribution in [0, 0.1) is 0 Å². The molecule has 5 rings (SSSR count). The highest BCUT2D eigenvalue weighted by atomic mass is 16.5. The second kappa shape index (κ2) is 6.51. The zero-order valence-electron chi connectivity index (χ0n) is 15.3. The number of nitrogens with one attached hydrogen (secondary N) is 1. The lowest BCUT2D eigenvalue weighted by molar-refractivity contribution is -0.170. The minimum atomic E-state index is 0.0166. The van der Waals surface area contributed by atoms with Crippen LogP contribution >= 0.6 is 0 Å². The SMILES string of the molecule is O=C(Nc1ccccc1)N1C[C@@H]2COCCN2C2(C1)CN(C1CCC1)C2. The van der Waals surface area contributed by atoms with E-state index in [-0.39, 0.29) is 11.6 Å². The molecule has 0 bridgehead atoms. The summed E-state index contributed by atoms with van der Waals surface area (Å²) in [6.07, 6.45) is 4.07. The number of hydrogen-bond acceptors (Lipinski definition) is 4. The minimum absolute atomic E-state index is 0.0166. The average molecular weight is 356 g/mol. The molecule has 1 saturated carbocycles. The van der Waals surface area contributed by atoms with Crippen LogP contribution in [-0.2, 0) is 4.74 Å². The number of para-hydroxylation sites is 1. The van der Waals surface area contributed by atoms with Gasteiger partial charge in [0.2, 0.25) is 0 Å². The lowest BCUT2D eigenvalue weighted by Crippen LogP contribution is -2.82. The number of piperazine rings is 1. The zero-order chi connectivity index (χ0) is 17.6. The van der Waals surface area contributed by atoms with Gasteiger partial charge in [-0.3, -0.25) is 9.80 Å². The maximum Gasteiger partial charge on any atom is 0.321 e. The number of carbonyl (C=O) groups is 1. The summed E-state index contributed by atoms with van der Waals surface area (Å²) in [5.74, 6) is 0. The van der Waals surface area contributed by atoms with Gasteiger partial charge < -0.3 is 15.0 Å². The van der Waals surface area contributed by atoms with Gasteiger partial charge in [-0.05, 0) is 25.0 Å². The van der Waals surface area contributed by atoms with E-state index in [0.29, 0.717) is 6.04 Å². The van der Waals surface area contributed by atoms with Crippen LogP contribution in [0.3, 0.4) is 0 Å². The van der Waals surface area contributed by atoms with Crippen LogP contribution in [0.15, 0.2) is 30.3 Å². The number of morpholine rings is 1. The summed E-state index contributed by atoms with van der Waals surface area (Å²) in [5, 5.41) is 3.06. The molecule has 1 atom stereocenters. The molecule has 0 aromatic heterocycles. The zero-order valence-corrected chi connectivity index (χ0v) is 15.3. The minimum Gasteiger partial charge on any atom is -0.378 e. The molecule has 140 valence electrons. The van der Waals surface area contributed by atoms with Crippen molar-refractivity contribution < 1.29 is 9.53 Å². The molecule has 2 amide bonds. The van der Waals surface area contributed by atoms with Crippen molar-refractivity contribution in [2.75, 3.05) is 51.3 Å². The second-order valence-corrected chi connectivity index (χ2v) is 8.31. The fourth-order valence-electron chi connectivity index (χ4n) is 5.08. The smallest absolute Gasteiger partial charge is 0.321 e. The topological polar surface area (TPSA) is 48.1 Å². The summed E-state index contributed by atoms with van der Waals surface area (Å²) in [6.45, 7) is 6.33. The number of likely N-dealkylation sites (tertiary alicyclic amines) is 1. The highest BCUT2D eigenvalue weighted by Crippen LogP contribution is 2.40. The number of amides is 2. The van der Waals surface area contributed by atoms with E-state index >= 15 is 0 Å². The maximum atomic E-state index is 12.9. The summed E-state index contributed by atoms with van der Waals surface area (Å²) in [7, 11) is 0. The molecule has 4 aliphatic rings. The number of benzene rings is 1. The predicted molar refractivity (Wildman–Crippen MR) is 100 cm³/mol. The number of ether oxygens (including phenoxy) is 1. The van der Waals surface area contributed by atoms with Gasteiger partial charge in [0.25, 0.3) is 0 Å². The molecule has 1 aromatic carbocycles. The molecule has 1 aliphatic carbocycles. The van der Waals surface area contributed by atoms with E-state index in [2.05, 4.69) is 15.1 Å². The maximum absolute atomic E-state index is 12.9. The van der Waals surface area contributed by atoms with E-state index in [1.54, 1.807) is 0 Å². The standard InChI is InChI=1S/C20H28N4O2/c25-19(21-16-5-2-1-3-6-16)22-11-18-12-26-10-9-24(18)20(13-22)14-23(15-20)17-7-4-8-17/h1-3,5-6,17-18H,4,7-15H2,(H,21,25)/t18-/m1/s1. The van der Waals surface area contributed by atoms with Gasteiger partial charge in [0.1, 0.15) is 0 Å². The number of carbonyl (C=O) groups excluding carboxylic acids is 1. The van der Waals surface area contributed by atoms with E-state index < -0.39 is 0 Å². The van der Waals surface area contributed by atoms with Crippen LogP contribution in [-0.4, -0.2) is 84.3 Å². The van der Waals surface area contributed by atoms with Crippen molar-refractivity contribution in [3.63, 3.8) is 0 Å². The van der Waals surface area contributed by atoms with E-state index in [9.17, 15) is 4.79 Å². The van der Waals surface area contributed by atoms with Gasteiger partial charge in [-0.15, -0.1) is 0 Å². The van der Waals surface area contributed by atoms with Gasteiger partial charge in [-0.25, -0.2) is 4.79 Å². The van der Waals surface area contributed by atoms with Crippen molar-refractivity contribution in [1.82, 2.24) is 14.7 Å². The molecular formula is C20H28N4O2. The Bertz CT molecular complexity index is 657. The Morgan fingerprint density at radius 2 is 1.92 bits per heavy atom. The number of fused-ring (bicyclic) bond motifs is 2. The first-order chi connectivity index (χ1) is 12.7. The Morgan fingerprint density at radius 3 is 2.65 bits per heavy atom. The molecule has 0 radical (unpaired) electrons. The molecule has 6 nitrogen and oxygen atoms in total. The van der Waals surface area contributed by atoms with Gasteiger partial charge in [-0.1, -0.05) is 24.6 Å². The van der Waals surface area contributed by atoms with Gasteiger partial charge in [0.05, 0.1) is 24.8 Å². The monoisotopic (exact) mass is 356 g/mol. The largest absolute Gasteiger partial charge is 0.378 e. The summed E-state index contributed by atoms with van der Waals surface area (Å²) in [4.78, 5) is 20.2. The lowest BCUT2D eigenvalue weighted by Gasteiger charge is -2.65. The first-order valence-corrected chi connectivity index (χ1v) is 9.93. The number of urea groups is 1. The van der Waals surface area contributed by atoms with Gasteiger partial charge in [-0.2, -0.15) is 0 Å². The second-order valence-electron chi connectivity index (χ2n) is 8.31. The molecule has 26 heavy (non-hydrogen) atoms. The van der Waals surface area contributed by atoms with Crippen molar-refractivity contribution >= 4 is 11.7 Å². The number of rotatable bonds is 2. The van der Waals surface area contributed by atoms with E-state index in [1.807, 2.05) is 35.2 Å². The molecule has 3 saturated heterocycles. The first kappa shape index (κ1) is 16.5. The lowest BCUT2D eigenvalue weighted by atomic mass is 9.78. The van der Waals surface area contributed by atoms with Crippen LogP contribution in [0.25, 0.3) is 0 Å². The van der Waals surface area contributed by atoms with Crippen molar-refractivity contribution in [3.05, 3.63) is 30.3 Å². The molecule has 1 spiro atoms. The highest BCUT2D eigenvalue weighted by molar-refractivity contribution is 5.89. The van der Waals surface area contributed by atoms with Crippen LogP contribution < -0.4 is 5.32 Å². The fraction of sp³-hybridized carbons (Fsp3) is 0.650. The molecule has 6 heteroatoms. The molecule has 4 fully saturated rings. The summed E-state index contributed by atoms with van der Waals surface area (Å²) >= 11 is 0. The Balaban J connectivity index is 1.31. The third-order valence-corrected chi connectivity index (χ3v) is 6.65. The van der Waals surface area contributed by atoms with Gasteiger partial charge >= 0.3 is 6.03 Å². The third-order valence-electron chi connectivity index (χ3n) is 6.65. The summed E-state index contributed by atoms with van der Waals surface area (Å²) < 4.78 is 5.74. The molecule has 3 heterocycles. The number of anilines is 1. The van der Waals surface area contributed by atoms with Gasteiger partial charge in [0, 0.05) is 44.5 Å². The van der Waals surface area contributed by atoms with E-state index in [1.165, 1.54) is 19.3 Å². The third kappa shape index (κ3) is 2.80. The Kier molecular flexibility index (Phi) is 4.14. The molecule has 1 N–H and O–H groups in total. The number of nitrogens with zero attached hydrogens (tertiary/aromatic N) is 3. The van der Waals surface area contributed by atoms with Crippen LogP contribution in [0.4, 0.5) is 10.5 Å². The highest BCUT2D eigenvalue weighted by Gasteiger charge is 2.56. The van der Waals surface area contributed by atoms with E-state index in [4.69, 9.17) is 4.74 Å². The Hall–Kier alpha value is -1.63. The quantitative estimate of drug-likeness (QED) is 0.879.